The van der Waals surface area contributed by atoms with E-state index in [1.807, 2.05) is 60.7 Å². The first-order valence-electron chi connectivity index (χ1n) is 14.7. The topological polar surface area (TPSA) is 63.0 Å². The molecule has 2 aromatic heterocycles. The van der Waals surface area contributed by atoms with Gasteiger partial charge >= 0.3 is 0 Å². The number of fused-ring (bicyclic) bond motifs is 6. The number of rotatable bonds is 4. The van der Waals surface area contributed by atoms with Crippen LogP contribution in [0.2, 0.25) is 0 Å². The number of para-hydroxylation sites is 1. The zero-order valence-electron chi connectivity index (χ0n) is 23.6. The Bertz CT molecular complexity index is 2420. The first-order chi connectivity index (χ1) is 21.8. The van der Waals surface area contributed by atoms with Crippen molar-refractivity contribution in [3.05, 3.63) is 156 Å². The largest absolute Gasteiger partial charge is 0.456 e. The van der Waals surface area contributed by atoms with Crippen LogP contribution in [0.25, 0.3) is 55.0 Å². The van der Waals surface area contributed by atoms with Crippen LogP contribution in [0.3, 0.4) is 0 Å². The van der Waals surface area contributed by atoms with Crippen LogP contribution in [0.5, 0.6) is 0 Å². The van der Waals surface area contributed by atoms with Crippen molar-refractivity contribution >= 4 is 55.5 Å². The predicted octanol–water partition coefficient (Wildman–Crippen LogP) is 9.65. The second-order valence-electron chi connectivity index (χ2n) is 11.0. The van der Waals surface area contributed by atoms with Gasteiger partial charge in [-0.3, -0.25) is 0 Å². The third-order valence-electron chi connectivity index (χ3n) is 8.35. The molecule has 9 rings (SSSR count). The minimum absolute atomic E-state index is 0.255. The standard InChI is InChI=1S/C39H25N3O2/c1-3-10-24(11-4-1)37-40-38(25-12-5-2-6-13-25)42-39(41-37)27-19-21-30-29-20-18-26(22-34(29)44-35(30)23-27)28-15-9-17-33-36(28)31-14-7-8-16-32(31)43-33/h1-23,37H,(H,40,41,42). The lowest BCUT2D eigenvalue weighted by Crippen LogP contribution is -2.33. The number of amidine groups is 2. The molecule has 8 aromatic rings. The molecule has 5 nitrogen and oxygen atoms in total. The summed E-state index contributed by atoms with van der Waals surface area (Å²) < 4.78 is 12.7. The Hall–Kier alpha value is -5.94. The van der Waals surface area contributed by atoms with Gasteiger partial charge in [0.2, 0.25) is 0 Å². The monoisotopic (exact) mass is 567 g/mol. The molecule has 44 heavy (non-hydrogen) atoms. The van der Waals surface area contributed by atoms with Gasteiger partial charge in [-0.05, 0) is 53.1 Å². The van der Waals surface area contributed by atoms with E-state index in [2.05, 4.69) is 84.2 Å². The fraction of sp³-hybridized carbons (Fsp3) is 0.0256. The summed E-state index contributed by atoms with van der Waals surface area (Å²) in [4.78, 5) is 9.99. The average Bonchev–Trinajstić information content (AvgIpc) is 3.66. The highest BCUT2D eigenvalue weighted by atomic mass is 16.3. The molecule has 0 aliphatic carbocycles. The number of benzene rings is 6. The zero-order chi connectivity index (χ0) is 29.0. The summed E-state index contributed by atoms with van der Waals surface area (Å²) in [6, 6.07) is 47.5. The second-order valence-corrected chi connectivity index (χ2v) is 11.0. The molecule has 0 fully saturated rings. The van der Waals surface area contributed by atoms with Crippen LogP contribution in [-0.2, 0) is 0 Å². The Morgan fingerprint density at radius 1 is 0.500 bits per heavy atom. The Morgan fingerprint density at radius 3 is 1.98 bits per heavy atom. The maximum atomic E-state index is 6.51. The molecule has 0 saturated heterocycles. The van der Waals surface area contributed by atoms with Crippen molar-refractivity contribution < 1.29 is 8.83 Å². The highest BCUT2D eigenvalue weighted by molar-refractivity contribution is 6.16. The van der Waals surface area contributed by atoms with Gasteiger partial charge < -0.3 is 14.2 Å². The summed E-state index contributed by atoms with van der Waals surface area (Å²) in [5, 5.41) is 7.88. The number of furan rings is 2. The van der Waals surface area contributed by atoms with Crippen LogP contribution in [0.4, 0.5) is 0 Å². The van der Waals surface area contributed by atoms with Gasteiger partial charge in [-0.1, -0.05) is 103 Å². The molecule has 5 heteroatoms. The van der Waals surface area contributed by atoms with Gasteiger partial charge in [-0.25, -0.2) is 9.98 Å². The summed E-state index contributed by atoms with van der Waals surface area (Å²) in [6.07, 6.45) is -0.255. The van der Waals surface area contributed by atoms with Crippen molar-refractivity contribution in [1.82, 2.24) is 5.32 Å². The van der Waals surface area contributed by atoms with Gasteiger partial charge in [0, 0.05) is 32.7 Å². The summed E-state index contributed by atoms with van der Waals surface area (Å²) >= 11 is 0. The molecule has 0 radical (unpaired) electrons. The number of aliphatic imine (C=N–C) groups is 2. The van der Waals surface area contributed by atoms with E-state index in [4.69, 9.17) is 18.8 Å². The molecule has 1 aliphatic heterocycles. The molecule has 0 saturated carbocycles. The Morgan fingerprint density at radius 2 is 1.16 bits per heavy atom. The van der Waals surface area contributed by atoms with E-state index < -0.39 is 0 Å². The highest BCUT2D eigenvalue weighted by Gasteiger charge is 2.22. The minimum Gasteiger partial charge on any atom is -0.456 e. The fourth-order valence-electron chi connectivity index (χ4n) is 6.23. The average molecular weight is 568 g/mol. The molecule has 0 spiro atoms. The lowest BCUT2D eigenvalue weighted by atomic mass is 9.98. The van der Waals surface area contributed by atoms with Gasteiger partial charge in [0.1, 0.15) is 34.3 Å². The molecule has 1 unspecified atom stereocenters. The van der Waals surface area contributed by atoms with Gasteiger partial charge in [0.15, 0.2) is 5.84 Å². The normalized spacial score (nSPS) is 15.0. The summed E-state index contributed by atoms with van der Waals surface area (Å²) in [7, 11) is 0. The molecular weight excluding hydrogens is 542 g/mol. The van der Waals surface area contributed by atoms with Gasteiger partial charge in [-0.2, -0.15) is 0 Å². The molecule has 0 amide bonds. The lowest BCUT2D eigenvalue weighted by Gasteiger charge is -2.23. The van der Waals surface area contributed by atoms with Crippen LogP contribution in [-0.4, -0.2) is 11.7 Å². The van der Waals surface area contributed by atoms with Crippen LogP contribution >= 0.6 is 0 Å². The third-order valence-corrected chi connectivity index (χ3v) is 8.35. The number of nitrogens with one attached hydrogen (secondary N) is 1. The molecule has 0 bridgehead atoms. The fourth-order valence-corrected chi connectivity index (χ4v) is 6.23. The second kappa shape index (κ2) is 9.82. The molecule has 1 N–H and O–H groups in total. The van der Waals surface area contributed by atoms with E-state index in [1.165, 1.54) is 0 Å². The molecule has 3 heterocycles. The number of nitrogens with zero attached hydrogens (tertiary/aromatic N) is 2. The summed E-state index contributed by atoms with van der Waals surface area (Å²) in [5.74, 6) is 1.46. The molecule has 1 atom stereocenters. The molecule has 208 valence electrons. The number of hydrogen-bond donors (Lipinski definition) is 1. The Kier molecular flexibility index (Phi) is 5.50. The Labute approximate surface area is 252 Å². The van der Waals surface area contributed by atoms with E-state index in [-0.39, 0.29) is 6.17 Å². The zero-order valence-corrected chi connectivity index (χ0v) is 23.6. The van der Waals surface area contributed by atoms with Crippen LogP contribution in [0.1, 0.15) is 22.9 Å². The molecular formula is C39H25N3O2. The molecule has 1 aliphatic rings. The third kappa shape index (κ3) is 4.02. The van der Waals surface area contributed by atoms with E-state index >= 15 is 0 Å². The summed E-state index contributed by atoms with van der Waals surface area (Å²) in [5.41, 5.74) is 8.60. The van der Waals surface area contributed by atoms with Gasteiger partial charge in [0.25, 0.3) is 0 Å². The quantitative estimate of drug-likeness (QED) is 0.230. The predicted molar refractivity (Wildman–Crippen MR) is 178 cm³/mol. The summed E-state index contributed by atoms with van der Waals surface area (Å²) in [6.45, 7) is 0. The van der Waals surface area contributed by atoms with Crippen molar-refractivity contribution in [1.29, 1.82) is 0 Å². The Balaban J connectivity index is 1.15. The van der Waals surface area contributed by atoms with E-state index in [9.17, 15) is 0 Å². The van der Waals surface area contributed by atoms with Gasteiger partial charge in [-0.15, -0.1) is 0 Å². The SMILES string of the molecule is c1ccc(C2=NC(c3ccc4c(c3)oc3cc(-c5cccc6oc7ccccc7c56)ccc34)=NC(c3ccccc3)N2)cc1. The van der Waals surface area contributed by atoms with Crippen LogP contribution < -0.4 is 5.32 Å². The maximum Gasteiger partial charge on any atom is 0.159 e. The smallest absolute Gasteiger partial charge is 0.159 e. The van der Waals surface area contributed by atoms with Crippen molar-refractivity contribution in [2.45, 2.75) is 6.17 Å². The first-order valence-corrected chi connectivity index (χ1v) is 14.7. The molecule has 6 aromatic carbocycles. The van der Waals surface area contributed by atoms with Gasteiger partial charge in [0.05, 0.1) is 0 Å². The first kappa shape index (κ1) is 24.6. The lowest BCUT2D eigenvalue weighted by molar-refractivity contribution is 0.667. The van der Waals surface area contributed by atoms with Crippen molar-refractivity contribution in [2.75, 3.05) is 0 Å². The van der Waals surface area contributed by atoms with Crippen molar-refractivity contribution in [3.63, 3.8) is 0 Å². The minimum atomic E-state index is -0.255. The van der Waals surface area contributed by atoms with Crippen LogP contribution in [0, 0.1) is 0 Å². The van der Waals surface area contributed by atoms with E-state index in [0.29, 0.717) is 5.84 Å². The van der Waals surface area contributed by atoms with Crippen LogP contribution in [0.15, 0.2) is 158 Å². The van der Waals surface area contributed by atoms with Crippen molar-refractivity contribution in [3.8, 4) is 11.1 Å². The number of hydrogen-bond acceptors (Lipinski definition) is 5. The van der Waals surface area contributed by atoms with E-state index in [1.54, 1.807) is 0 Å². The van der Waals surface area contributed by atoms with Crippen molar-refractivity contribution in [2.24, 2.45) is 9.98 Å². The van der Waals surface area contributed by atoms with E-state index in [0.717, 1.165) is 77.5 Å². The maximum absolute atomic E-state index is 6.51. The highest BCUT2D eigenvalue weighted by Crippen LogP contribution is 2.39.